The first-order valence-electron chi connectivity index (χ1n) is 10.3. The lowest BCUT2D eigenvalue weighted by molar-refractivity contribution is -0.385. The van der Waals surface area contributed by atoms with Gasteiger partial charge in [-0.2, -0.15) is 18.2 Å². The number of rotatable bonds is 6. The Bertz CT molecular complexity index is 1310. The lowest BCUT2D eigenvalue weighted by Gasteiger charge is -2.31. The highest BCUT2D eigenvalue weighted by molar-refractivity contribution is 6.34. The van der Waals surface area contributed by atoms with E-state index >= 15 is 0 Å². The van der Waals surface area contributed by atoms with Gasteiger partial charge in [0.25, 0.3) is 5.69 Å². The summed E-state index contributed by atoms with van der Waals surface area (Å²) in [7, 11) is 0. The number of nitro groups is 1. The van der Waals surface area contributed by atoms with E-state index in [1.807, 2.05) is 0 Å². The lowest BCUT2D eigenvalue weighted by Crippen LogP contribution is -2.43. The topological polar surface area (TPSA) is 106 Å². The first kappa shape index (κ1) is 25.8. The Kier molecular flexibility index (Phi) is 6.93. The van der Waals surface area contributed by atoms with Crippen LogP contribution in [0.4, 0.5) is 18.9 Å². The Morgan fingerprint density at radius 3 is 2.44 bits per heavy atom. The first-order valence-corrected chi connectivity index (χ1v) is 11.1. The van der Waals surface area contributed by atoms with Gasteiger partial charge < -0.3 is 5.11 Å². The third-order valence-electron chi connectivity index (χ3n) is 5.77. The molecule has 4 rings (SSSR count). The van der Waals surface area contributed by atoms with Crippen molar-refractivity contribution in [2.75, 3.05) is 0 Å². The predicted molar refractivity (Wildman–Crippen MR) is 122 cm³/mol. The fraction of sp³-hybridized carbons (Fsp3) is 0.217. The first-order chi connectivity index (χ1) is 16.9. The second-order valence-corrected chi connectivity index (χ2v) is 8.90. The van der Waals surface area contributed by atoms with Gasteiger partial charge in [-0.15, -0.1) is 0 Å². The number of nitrogens with zero attached hydrogens (tertiary/aromatic N) is 3. The van der Waals surface area contributed by atoms with Gasteiger partial charge in [-0.3, -0.25) is 19.9 Å². The fourth-order valence-corrected chi connectivity index (χ4v) is 4.66. The number of halogens is 5. The summed E-state index contributed by atoms with van der Waals surface area (Å²) in [4.78, 5) is 31.8. The summed E-state index contributed by atoms with van der Waals surface area (Å²) < 4.78 is 44.1. The van der Waals surface area contributed by atoms with Gasteiger partial charge in [-0.05, 0) is 47.5 Å². The van der Waals surface area contributed by atoms with E-state index in [4.69, 9.17) is 28.0 Å². The van der Waals surface area contributed by atoms with Gasteiger partial charge in [-0.1, -0.05) is 35.3 Å². The smallest absolute Gasteiger partial charge is 0.423 e. The second-order valence-electron chi connectivity index (χ2n) is 8.03. The zero-order chi connectivity index (χ0) is 26.3. The van der Waals surface area contributed by atoms with E-state index in [9.17, 15) is 33.2 Å². The molecule has 1 aliphatic rings. The minimum absolute atomic E-state index is 0.0362. The molecule has 13 heteroatoms. The molecule has 0 aliphatic carbocycles. The van der Waals surface area contributed by atoms with Crippen LogP contribution in [-0.4, -0.2) is 32.2 Å². The quantitative estimate of drug-likeness (QED) is 0.287. The van der Waals surface area contributed by atoms with E-state index in [2.05, 4.69) is 4.98 Å². The number of aromatic nitrogens is 1. The largest absolute Gasteiger partial charge is 0.477 e. The summed E-state index contributed by atoms with van der Waals surface area (Å²) in [6.45, 7) is -0.202. The molecule has 8 nitrogen and oxygen atoms in total. The number of aromatic carboxylic acids is 1. The molecule has 1 aromatic heterocycles. The van der Waals surface area contributed by atoms with E-state index in [1.165, 1.54) is 18.3 Å². The van der Waals surface area contributed by atoms with Crippen molar-refractivity contribution in [2.24, 2.45) is 0 Å². The van der Waals surface area contributed by atoms with Crippen molar-refractivity contribution in [1.29, 1.82) is 0 Å². The third-order valence-corrected chi connectivity index (χ3v) is 6.20. The van der Waals surface area contributed by atoms with Gasteiger partial charge in [0.05, 0.1) is 23.2 Å². The molecule has 1 N–H and O–H groups in total. The highest BCUT2D eigenvalue weighted by Gasteiger charge is 2.64. The standard InChI is InChI=1S/C23H16Cl2F3N3O5/c24-15-8-14(9-16(25)10-15)22(23(26,27)28)11-20(30(36-22)12-17-3-1-2-6-29-17)13-4-5-18(21(32)33)19(7-13)31(34)35/h1-10,20H,11-12H2,(H,32,33). The van der Waals surface area contributed by atoms with Crippen LogP contribution in [-0.2, 0) is 17.0 Å². The zero-order valence-electron chi connectivity index (χ0n) is 18.1. The molecule has 1 fully saturated rings. The van der Waals surface area contributed by atoms with E-state index in [-0.39, 0.29) is 27.7 Å². The second kappa shape index (κ2) is 9.66. The van der Waals surface area contributed by atoms with E-state index in [1.54, 1.807) is 18.2 Å². The Hall–Kier alpha value is -3.25. The average molecular weight is 542 g/mol. The average Bonchev–Trinajstić information content (AvgIpc) is 3.19. The number of benzene rings is 2. The highest BCUT2D eigenvalue weighted by Crippen LogP contribution is 2.55. The maximum atomic E-state index is 14.7. The number of hydrogen-bond donors (Lipinski definition) is 1. The molecule has 0 spiro atoms. The van der Waals surface area contributed by atoms with Gasteiger partial charge in [-0.25, -0.2) is 4.79 Å². The number of carboxylic acid groups (broad SMARTS) is 1. The third kappa shape index (κ3) is 4.87. The van der Waals surface area contributed by atoms with Crippen molar-refractivity contribution in [3.63, 3.8) is 0 Å². The van der Waals surface area contributed by atoms with Crippen LogP contribution in [0.5, 0.6) is 0 Å². The number of alkyl halides is 3. The maximum Gasteiger partial charge on any atom is 0.423 e. The van der Waals surface area contributed by atoms with E-state index in [0.717, 1.165) is 29.3 Å². The molecule has 1 saturated heterocycles. The Morgan fingerprint density at radius 2 is 1.89 bits per heavy atom. The summed E-state index contributed by atoms with van der Waals surface area (Å²) in [6.07, 6.45) is -4.21. The summed E-state index contributed by atoms with van der Waals surface area (Å²) in [5.41, 5.74) is -4.17. The highest BCUT2D eigenvalue weighted by atomic mass is 35.5. The van der Waals surface area contributed by atoms with Gasteiger partial charge in [0, 0.05) is 28.7 Å². The normalized spacial score (nSPS) is 20.4. The number of hydrogen-bond acceptors (Lipinski definition) is 6. The Morgan fingerprint density at radius 1 is 1.19 bits per heavy atom. The number of pyridine rings is 1. The predicted octanol–water partition coefficient (Wildman–Crippen LogP) is 6.33. The number of carboxylic acids is 1. The molecular formula is C23H16Cl2F3N3O5. The molecule has 0 amide bonds. The fourth-order valence-electron chi connectivity index (χ4n) is 4.13. The van der Waals surface area contributed by atoms with E-state index in [0.29, 0.717) is 5.69 Å². The summed E-state index contributed by atoms with van der Waals surface area (Å²) in [5.74, 6) is -1.54. The van der Waals surface area contributed by atoms with Crippen LogP contribution < -0.4 is 0 Å². The summed E-state index contributed by atoms with van der Waals surface area (Å²) in [6, 6.07) is 10.3. The van der Waals surface area contributed by atoms with Crippen molar-refractivity contribution >= 4 is 34.9 Å². The van der Waals surface area contributed by atoms with Gasteiger partial charge in [0.2, 0.25) is 5.60 Å². The molecule has 1 aliphatic heterocycles. The van der Waals surface area contributed by atoms with Crippen molar-refractivity contribution in [1.82, 2.24) is 10.0 Å². The van der Waals surface area contributed by atoms with Crippen LogP contribution >= 0.6 is 23.2 Å². The minimum atomic E-state index is -4.95. The van der Waals surface area contributed by atoms with Gasteiger partial charge in [0.15, 0.2) is 0 Å². The van der Waals surface area contributed by atoms with Crippen LogP contribution in [0.2, 0.25) is 10.0 Å². The van der Waals surface area contributed by atoms with Crippen LogP contribution in [0.1, 0.15) is 39.6 Å². The molecule has 3 aromatic rings. The number of carbonyl (C=O) groups is 1. The molecule has 0 saturated carbocycles. The minimum Gasteiger partial charge on any atom is -0.477 e. The molecule has 36 heavy (non-hydrogen) atoms. The molecule has 2 atom stereocenters. The molecular weight excluding hydrogens is 526 g/mol. The van der Waals surface area contributed by atoms with Gasteiger partial charge in [0.1, 0.15) is 5.56 Å². The molecule has 0 bridgehead atoms. The zero-order valence-corrected chi connectivity index (χ0v) is 19.6. The Labute approximate surface area is 211 Å². The summed E-state index contributed by atoms with van der Waals surface area (Å²) in [5, 5.41) is 21.8. The van der Waals surface area contributed by atoms with Crippen LogP contribution in [0, 0.1) is 10.1 Å². The van der Waals surface area contributed by atoms with Gasteiger partial charge >= 0.3 is 12.1 Å². The lowest BCUT2D eigenvalue weighted by atomic mass is 9.85. The maximum absolute atomic E-state index is 14.7. The van der Waals surface area contributed by atoms with Crippen LogP contribution in [0.15, 0.2) is 60.8 Å². The molecule has 0 radical (unpaired) electrons. The number of nitro benzene ring substituents is 1. The molecule has 2 aromatic carbocycles. The van der Waals surface area contributed by atoms with Crippen molar-refractivity contribution < 1.29 is 32.8 Å². The monoisotopic (exact) mass is 541 g/mol. The van der Waals surface area contributed by atoms with Crippen molar-refractivity contribution in [3.8, 4) is 0 Å². The van der Waals surface area contributed by atoms with E-state index < -0.39 is 46.4 Å². The summed E-state index contributed by atoms with van der Waals surface area (Å²) >= 11 is 12.0. The van der Waals surface area contributed by atoms with Crippen molar-refractivity contribution in [3.05, 3.63) is 103 Å². The number of hydroxylamine groups is 2. The van der Waals surface area contributed by atoms with Crippen molar-refractivity contribution in [2.45, 2.75) is 30.8 Å². The van der Waals surface area contributed by atoms with Crippen LogP contribution in [0.25, 0.3) is 0 Å². The SMILES string of the molecule is O=C(O)c1ccc(C2CC(c3cc(Cl)cc(Cl)c3)(C(F)(F)F)ON2Cc2ccccn2)cc1[N+](=O)[O-]. The molecule has 2 unspecified atom stereocenters. The van der Waals surface area contributed by atoms with Crippen LogP contribution in [0.3, 0.4) is 0 Å². The molecule has 188 valence electrons. The Balaban J connectivity index is 1.88. The molecule has 2 heterocycles.